The summed E-state index contributed by atoms with van der Waals surface area (Å²) in [4.78, 5) is 10.5. The second kappa shape index (κ2) is 4.30. The Morgan fingerprint density at radius 1 is 1.00 bits per heavy atom. The van der Waals surface area contributed by atoms with Crippen molar-refractivity contribution in [3.8, 4) is 0 Å². The molecule has 0 aromatic rings. The summed E-state index contributed by atoms with van der Waals surface area (Å²) in [5, 5.41) is 0. The molecule has 1 aliphatic rings. The van der Waals surface area contributed by atoms with Crippen molar-refractivity contribution < 1.29 is 27.2 Å². The molecule has 0 N–H and O–H groups in total. The molecule has 0 aromatic heterocycles. The summed E-state index contributed by atoms with van der Waals surface area (Å²) in [6, 6.07) is 0. The van der Waals surface area contributed by atoms with Crippen LogP contribution < -0.4 is 0 Å². The minimum Gasteiger partial charge on any atom is -0.300 e. The van der Waals surface area contributed by atoms with Gasteiger partial charge in [0.25, 0.3) is 0 Å². The van der Waals surface area contributed by atoms with E-state index in [0.717, 1.165) is 25.7 Å². The second-order valence-corrected chi connectivity index (χ2v) is 2.10. The van der Waals surface area contributed by atoms with E-state index < -0.39 is 0 Å². The Balaban J connectivity index is 0.000000490. The number of Topliss-reactive ketones (excluding diaryl/α,β-unsaturated/α-hetero) is 1. The summed E-state index contributed by atoms with van der Waals surface area (Å²) in [5.74, 6) is 0.464. The van der Waals surface area contributed by atoms with Crippen LogP contribution in [0.1, 0.15) is 32.1 Å². The van der Waals surface area contributed by atoms with Crippen LogP contribution in [0.3, 0.4) is 0 Å². The van der Waals surface area contributed by atoms with Gasteiger partial charge in [-0.25, -0.2) is 0 Å². The summed E-state index contributed by atoms with van der Waals surface area (Å²) in [6.45, 7) is 0. The molecular formula is C6H10AuO. The zero-order chi connectivity index (χ0) is 5.11. The first-order valence-electron chi connectivity index (χ1n) is 2.91. The van der Waals surface area contributed by atoms with Crippen molar-refractivity contribution in [2.75, 3.05) is 0 Å². The second-order valence-electron chi connectivity index (χ2n) is 2.10. The Morgan fingerprint density at radius 3 is 1.75 bits per heavy atom. The molecule has 0 spiro atoms. The third-order valence-corrected chi connectivity index (χ3v) is 1.41. The molecule has 0 atom stereocenters. The Bertz CT molecular complexity index is 72.6. The molecule has 0 bridgehead atoms. The molecule has 51 valence electrons. The molecule has 0 heterocycles. The molecule has 0 unspecified atom stereocenters. The number of rotatable bonds is 0. The van der Waals surface area contributed by atoms with E-state index in [0.29, 0.717) is 5.78 Å². The van der Waals surface area contributed by atoms with Gasteiger partial charge in [-0.1, -0.05) is 6.42 Å². The Labute approximate surface area is 65.4 Å². The predicted molar refractivity (Wildman–Crippen MR) is 28.1 cm³/mol. The fraction of sp³-hybridized carbons (Fsp3) is 0.833. The van der Waals surface area contributed by atoms with Gasteiger partial charge >= 0.3 is 0 Å². The van der Waals surface area contributed by atoms with Crippen LogP contribution in [0.15, 0.2) is 0 Å². The predicted octanol–water partition coefficient (Wildman–Crippen LogP) is 1.52. The topological polar surface area (TPSA) is 17.1 Å². The third kappa shape index (κ3) is 2.65. The maximum atomic E-state index is 10.5. The number of hydrogen-bond donors (Lipinski definition) is 0. The van der Waals surface area contributed by atoms with Crippen molar-refractivity contribution in [3.63, 3.8) is 0 Å². The van der Waals surface area contributed by atoms with Gasteiger partial charge in [-0.05, 0) is 12.8 Å². The van der Waals surface area contributed by atoms with Gasteiger partial charge in [0.2, 0.25) is 0 Å². The zero-order valence-corrected chi connectivity index (χ0v) is 6.91. The molecule has 0 aromatic carbocycles. The maximum absolute atomic E-state index is 10.5. The first-order chi connectivity index (χ1) is 3.39. The summed E-state index contributed by atoms with van der Waals surface area (Å²) >= 11 is 0. The molecule has 1 saturated carbocycles. The standard InChI is InChI=1S/C6H10O.Au/c7-6-4-2-1-3-5-6;/h1-5H2;. The van der Waals surface area contributed by atoms with E-state index in [9.17, 15) is 4.79 Å². The van der Waals surface area contributed by atoms with Crippen LogP contribution >= 0.6 is 0 Å². The smallest absolute Gasteiger partial charge is 0.132 e. The average molecular weight is 295 g/mol. The third-order valence-electron chi connectivity index (χ3n) is 1.41. The van der Waals surface area contributed by atoms with Gasteiger partial charge in [0.15, 0.2) is 0 Å². The number of carbonyl (C=O) groups excluding carboxylic acids is 1. The summed E-state index contributed by atoms with van der Waals surface area (Å²) in [7, 11) is 0. The van der Waals surface area contributed by atoms with Gasteiger partial charge in [-0.3, -0.25) is 4.79 Å². The van der Waals surface area contributed by atoms with Gasteiger partial charge < -0.3 is 0 Å². The van der Waals surface area contributed by atoms with Gasteiger partial charge in [0, 0.05) is 35.2 Å². The number of hydrogen-bond acceptors (Lipinski definition) is 1. The van der Waals surface area contributed by atoms with E-state index in [1.807, 2.05) is 0 Å². The van der Waals surface area contributed by atoms with E-state index >= 15 is 0 Å². The zero-order valence-electron chi connectivity index (χ0n) is 4.75. The van der Waals surface area contributed by atoms with Crippen LogP contribution in [-0.4, -0.2) is 5.78 Å². The van der Waals surface area contributed by atoms with Crippen molar-refractivity contribution in [3.05, 3.63) is 0 Å². The molecule has 1 radical (unpaired) electrons. The average Bonchev–Trinajstić information content (AvgIpc) is 1.69. The van der Waals surface area contributed by atoms with Crippen molar-refractivity contribution in [2.45, 2.75) is 32.1 Å². The summed E-state index contributed by atoms with van der Waals surface area (Å²) in [6.07, 6.45) is 5.24. The van der Waals surface area contributed by atoms with Crippen LogP contribution in [0.2, 0.25) is 0 Å². The van der Waals surface area contributed by atoms with E-state index in [1.165, 1.54) is 6.42 Å². The van der Waals surface area contributed by atoms with Crippen molar-refractivity contribution >= 4 is 5.78 Å². The Hall–Kier alpha value is 0.410. The van der Waals surface area contributed by atoms with Crippen molar-refractivity contribution in [2.24, 2.45) is 0 Å². The Kier molecular flexibility index (Phi) is 4.53. The van der Waals surface area contributed by atoms with Crippen LogP contribution in [0.5, 0.6) is 0 Å². The maximum Gasteiger partial charge on any atom is 0.132 e. The summed E-state index contributed by atoms with van der Waals surface area (Å²) in [5.41, 5.74) is 0. The SMILES string of the molecule is O=C1CCCCC1.[Au]. The molecule has 0 amide bonds. The van der Waals surface area contributed by atoms with Crippen LogP contribution in [0.4, 0.5) is 0 Å². The molecule has 0 saturated heterocycles. The first kappa shape index (κ1) is 8.41. The normalized spacial score (nSPS) is 19.8. The van der Waals surface area contributed by atoms with Gasteiger partial charge in [0.1, 0.15) is 5.78 Å². The van der Waals surface area contributed by atoms with Crippen molar-refractivity contribution in [1.82, 2.24) is 0 Å². The fourth-order valence-electron chi connectivity index (χ4n) is 0.946. The van der Waals surface area contributed by atoms with E-state index in [-0.39, 0.29) is 22.4 Å². The number of ketones is 1. The van der Waals surface area contributed by atoms with Gasteiger partial charge in [-0.15, -0.1) is 0 Å². The minimum absolute atomic E-state index is 0. The largest absolute Gasteiger partial charge is 0.300 e. The quantitative estimate of drug-likeness (QED) is 0.619. The molecule has 2 heteroatoms. The van der Waals surface area contributed by atoms with E-state index in [4.69, 9.17) is 0 Å². The van der Waals surface area contributed by atoms with Gasteiger partial charge in [-0.2, -0.15) is 0 Å². The molecule has 1 nitrogen and oxygen atoms in total. The molecule has 0 aliphatic heterocycles. The van der Waals surface area contributed by atoms with Gasteiger partial charge in [0.05, 0.1) is 0 Å². The summed E-state index contributed by atoms with van der Waals surface area (Å²) < 4.78 is 0. The molecular weight excluding hydrogens is 285 g/mol. The first-order valence-corrected chi connectivity index (χ1v) is 2.91. The van der Waals surface area contributed by atoms with Crippen LogP contribution in [-0.2, 0) is 27.2 Å². The fourth-order valence-corrected chi connectivity index (χ4v) is 0.946. The molecule has 1 aliphatic carbocycles. The molecule has 1 fully saturated rings. The molecule has 8 heavy (non-hydrogen) atoms. The van der Waals surface area contributed by atoms with E-state index in [2.05, 4.69) is 0 Å². The van der Waals surface area contributed by atoms with E-state index in [1.54, 1.807) is 0 Å². The Morgan fingerprint density at radius 2 is 1.50 bits per heavy atom. The molecule has 1 rings (SSSR count). The minimum atomic E-state index is 0. The van der Waals surface area contributed by atoms with Crippen LogP contribution in [0, 0.1) is 0 Å². The monoisotopic (exact) mass is 295 g/mol. The van der Waals surface area contributed by atoms with Crippen LogP contribution in [0.25, 0.3) is 0 Å². The number of carbonyl (C=O) groups is 1. The van der Waals surface area contributed by atoms with Crippen molar-refractivity contribution in [1.29, 1.82) is 0 Å².